The number of nitrogens with zero attached hydrogens (tertiary/aromatic N) is 2. The van der Waals surface area contributed by atoms with E-state index in [1.165, 1.54) is 0 Å². The number of H-pyrrole nitrogens is 1. The van der Waals surface area contributed by atoms with Crippen molar-refractivity contribution >= 4 is 11.4 Å². The minimum Gasteiger partial charge on any atom is -0.494 e. The van der Waals surface area contributed by atoms with Gasteiger partial charge in [-0.05, 0) is 19.1 Å². The highest BCUT2D eigenvalue weighted by atomic mass is 16.5. The number of methoxy groups -OCH3 is 1. The number of para-hydroxylation sites is 1. The van der Waals surface area contributed by atoms with Crippen LogP contribution in [0.5, 0.6) is 5.75 Å². The highest BCUT2D eigenvalue weighted by molar-refractivity contribution is 5.51. The lowest BCUT2D eigenvalue weighted by atomic mass is 10.3. The molecule has 2 rings (SSSR count). The minimum absolute atomic E-state index is 0.163. The van der Waals surface area contributed by atoms with E-state index in [0.717, 1.165) is 0 Å². The van der Waals surface area contributed by atoms with Crippen molar-refractivity contribution in [2.24, 2.45) is 10.2 Å². The monoisotopic (exact) mass is 233 g/mol. The van der Waals surface area contributed by atoms with Crippen LogP contribution in [0.3, 0.4) is 0 Å². The van der Waals surface area contributed by atoms with E-state index in [2.05, 4.69) is 19.9 Å². The van der Waals surface area contributed by atoms with E-state index in [4.69, 9.17) is 4.74 Å². The van der Waals surface area contributed by atoms with Crippen molar-refractivity contribution in [1.82, 2.24) is 5.16 Å². The molecule has 0 unspecified atom stereocenters. The molecule has 0 saturated heterocycles. The Labute approximate surface area is 96.9 Å². The molecule has 0 radical (unpaired) electrons. The maximum absolute atomic E-state index is 11.2. The Morgan fingerprint density at radius 1 is 1.29 bits per heavy atom. The maximum atomic E-state index is 11.2. The summed E-state index contributed by atoms with van der Waals surface area (Å²) in [5.41, 5.74) is 0.709. The van der Waals surface area contributed by atoms with Gasteiger partial charge in [0.2, 0.25) is 0 Å². The van der Waals surface area contributed by atoms with E-state index >= 15 is 0 Å². The average molecular weight is 233 g/mol. The van der Waals surface area contributed by atoms with Gasteiger partial charge in [0.05, 0.1) is 12.8 Å². The molecule has 88 valence electrons. The third-order valence-electron chi connectivity index (χ3n) is 2.19. The summed E-state index contributed by atoms with van der Waals surface area (Å²) in [6.07, 6.45) is 0. The number of aromatic nitrogens is 1. The van der Waals surface area contributed by atoms with Gasteiger partial charge in [-0.3, -0.25) is 0 Å². The van der Waals surface area contributed by atoms with Gasteiger partial charge in [0.1, 0.15) is 11.4 Å². The van der Waals surface area contributed by atoms with Gasteiger partial charge in [-0.2, -0.15) is 0 Å². The van der Waals surface area contributed by atoms with Gasteiger partial charge in [-0.25, -0.2) is 9.95 Å². The Morgan fingerprint density at radius 3 is 2.71 bits per heavy atom. The quantitative estimate of drug-likeness (QED) is 0.827. The molecule has 0 bridgehead atoms. The van der Waals surface area contributed by atoms with E-state index in [9.17, 15) is 4.79 Å². The number of aromatic amines is 1. The fourth-order valence-corrected chi connectivity index (χ4v) is 1.30. The molecule has 0 spiro atoms. The summed E-state index contributed by atoms with van der Waals surface area (Å²) in [4.78, 5) is 11.2. The molecule has 0 saturated carbocycles. The zero-order valence-corrected chi connectivity index (χ0v) is 9.43. The van der Waals surface area contributed by atoms with Crippen LogP contribution in [0.1, 0.15) is 5.69 Å². The van der Waals surface area contributed by atoms with Gasteiger partial charge < -0.3 is 9.26 Å². The van der Waals surface area contributed by atoms with Crippen LogP contribution in [0.2, 0.25) is 0 Å². The summed E-state index contributed by atoms with van der Waals surface area (Å²) >= 11 is 0. The maximum Gasteiger partial charge on any atom is 0.384 e. The summed E-state index contributed by atoms with van der Waals surface area (Å²) in [6.45, 7) is 1.68. The van der Waals surface area contributed by atoms with Gasteiger partial charge >= 0.3 is 5.63 Å². The van der Waals surface area contributed by atoms with Crippen LogP contribution in [0.4, 0.5) is 11.4 Å². The van der Waals surface area contributed by atoms with E-state index in [1.54, 1.807) is 26.2 Å². The van der Waals surface area contributed by atoms with Gasteiger partial charge in [0.25, 0.3) is 0 Å². The summed E-state index contributed by atoms with van der Waals surface area (Å²) < 4.78 is 9.69. The molecule has 1 aromatic carbocycles. The van der Waals surface area contributed by atoms with E-state index in [1.807, 2.05) is 12.1 Å². The van der Waals surface area contributed by atoms with Crippen molar-refractivity contribution in [2.75, 3.05) is 7.11 Å². The molecule has 2 aromatic rings. The van der Waals surface area contributed by atoms with Gasteiger partial charge in [-0.15, -0.1) is 10.2 Å². The van der Waals surface area contributed by atoms with E-state index < -0.39 is 5.63 Å². The number of aryl methyl sites for hydroxylation is 1. The molecule has 0 atom stereocenters. The summed E-state index contributed by atoms with van der Waals surface area (Å²) in [5, 5.41) is 10.2. The average Bonchev–Trinajstić information content (AvgIpc) is 2.67. The van der Waals surface area contributed by atoms with E-state index in [-0.39, 0.29) is 5.69 Å². The molecule has 6 nitrogen and oxygen atoms in total. The SMILES string of the molecule is COc1ccccc1N=Nc1c(C)[nH]oc1=O. The molecular weight excluding hydrogens is 222 g/mol. The van der Waals surface area contributed by atoms with Gasteiger partial charge in [0, 0.05) is 0 Å². The normalized spacial score (nSPS) is 10.9. The lowest BCUT2D eigenvalue weighted by molar-refractivity contribution is 0.388. The number of benzene rings is 1. The number of ether oxygens (including phenoxy) is 1. The highest BCUT2D eigenvalue weighted by Crippen LogP contribution is 2.27. The van der Waals surface area contributed by atoms with Crippen molar-refractivity contribution in [3.63, 3.8) is 0 Å². The largest absolute Gasteiger partial charge is 0.494 e. The Bertz CT molecular complexity index is 598. The molecule has 1 aromatic heterocycles. The summed E-state index contributed by atoms with van der Waals surface area (Å²) in [6, 6.07) is 7.14. The first-order chi connectivity index (χ1) is 8.22. The van der Waals surface area contributed by atoms with Gasteiger partial charge in [-0.1, -0.05) is 12.1 Å². The molecular formula is C11H11N3O3. The fourth-order valence-electron chi connectivity index (χ4n) is 1.30. The first-order valence-corrected chi connectivity index (χ1v) is 4.95. The van der Waals surface area contributed by atoms with E-state index in [0.29, 0.717) is 17.1 Å². The third kappa shape index (κ3) is 2.25. The standard InChI is InChI=1S/C11H11N3O3/c1-7-10(11(15)17-14-7)13-12-8-5-3-4-6-9(8)16-2/h3-6,14H,1-2H3. The van der Waals surface area contributed by atoms with Crippen molar-refractivity contribution in [2.45, 2.75) is 6.92 Å². The van der Waals surface area contributed by atoms with Crippen LogP contribution < -0.4 is 10.4 Å². The minimum atomic E-state index is -0.541. The van der Waals surface area contributed by atoms with Crippen molar-refractivity contribution < 1.29 is 9.26 Å². The van der Waals surface area contributed by atoms with Crippen LogP contribution >= 0.6 is 0 Å². The highest BCUT2D eigenvalue weighted by Gasteiger charge is 2.07. The first kappa shape index (κ1) is 11.1. The smallest absolute Gasteiger partial charge is 0.384 e. The molecule has 0 fully saturated rings. The number of hydrogen-bond acceptors (Lipinski definition) is 5. The lowest BCUT2D eigenvalue weighted by Gasteiger charge is -2.00. The second-order valence-corrected chi connectivity index (χ2v) is 3.34. The van der Waals surface area contributed by atoms with Gasteiger partial charge in [0.15, 0.2) is 5.69 Å². The number of nitrogens with one attached hydrogen (secondary N) is 1. The number of rotatable bonds is 3. The number of hydrogen-bond donors (Lipinski definition) is 1. The van der Waals surface area contributed by atoms with Crippen molar-refractivity contribution in [1.29, 1.82) is 0 Å². The summed E-state index contributed by atoms with van der Waals surface area (Å²) in [5.74, 6) is 0.592. The molecule has 6 heteroatoms. The zero-order chi connectivity index (χ0) is 12.3. The fraction of sp³-hybridized carbons (Fsp3) is 0.182. The molecule has 0 aliphatic heterocycles. The first-order valence-electron chi connectivity index (χ1n) is 4.95. The number of azo groups is 1. The molecule has 1 heterocycles. The van der Waals surface area contributed by atoms with Crippen LogP contribution in [-0.4, -0.2) is 12.3 Å². The molecule has 0 amide bonds. The molecule has 17 heavy (non-hydrogen) atoms. The topological polar surface area (TPSA) is 80.0 Å². The molecule has 0 aliphatic carbocycles. The Balaban J connectivity index is 2.35. The lowest BCUT2D eigenvalue weighted by Crippen LogP contribution is -1.89. The Morgan fingerprint density at radius 2 is 2.06 bits per heavy atom. The second kappa shape index (κ2) is 4.65. The molecule has 1 N–H and O–H groups in total. The summed E-state index contributed by atoms with van der Waals surface area (Å²) in [7, 11) is 1.55. The van der Waals surface area contributed by atoms with Crippen molar-refractivity contribution in [3.8, 4) is 5.75 Å². The predicted molar refractivity (Wildman–Crippen MR) is 61.2 cm³/mol. The second-order valence-electron chi connectivity index (χ2n) is 3.34. The molecule has 0 aliphatic rings. The van der Waals surface area contributed by atoms with Crippen LogP contribution in [-0.2, 0) is 0 Å². The predicted octanol–water partition coefficient (Wildman–Crippen LogP) is 2.70. The zero-order valence-electron chi connectivity index (χ0n) is 9.43. The van der Waals surface area contributed by atoms with Crippen LogP contribution in [0.25, 0.3) is 0 Å². The van der Waals surface area contributed by atoms with Crippen LogP contribution in [0, 0.1) is 6.92 Å². The van der Waals surface area contributed by atoms with Crippen LogP contribution in [0.15, 0.2) is 43.8 Å². The Hall–Kier alpha value is -2.37. The van der Waals surface area contributed by atoms with Crippen molar-refractivity contribution in [3.05, 3.63) is 40.4 Å². The third-order valence-corrected chi connectivity index (χ3v) is 2.19. The Kier molecular flexibility index (Phi) is 3.04.